The number of nitrogens with zero attached hydrogens (tertiary/aromatic N) is 1. The number of halogens is 2. The molecule has 0 saturated heterocycles. The molecule has 17 heavy (non-hydrogen) atoms. The van der Waals surface area contributed by atoms with Gasteiger partial charge in [-0.2, -0.15) is 0 Å². The molecule has 2 aromatic carbocycles. The maximum Gasteiger partial charge on any atom is 0.0848 e. The van der Waals surface area contributed by atoms with Crippen molar-refractivity contribution in [1.29, 1.82) is 0 Å². The van der Waals surface area contributed by atoms with Crippen LogP contribution in [0.15, 0.2) is 47.5 Å². The van der Waals surface area contributed by atoms with Crippen LogP contribution in [0.4, 0.5) is 5.69 Å². The SMILES string of the molecule is Cc1ccc(C=Nc2cccc(Cl)c2Cl)cc1. The van der Waals surface area contributed by atoms with Crippen molar-refractivity contribution >= 4 is 35.1 Å². The van der Waals surface area contributed by atoms with Gasteiger partial charge >= 0.3 is 0 Å². The van der Waals surface area contributed by atoms with Crippen molar-refractivity contribution < 1.29 is 0 Å². The van der Waals surface area contributed by atoms with E-state index in [0.717, 1.165) is 5.56 Å². The monoisotopic (exact) mass is 263 g/mol. The summed E-state index contributed by atoms with van der Waals surface area (Å²) in [4.78, 5) is 4.33. The summed E-state index contributed by atoms with van der Waals surface area (Å²) >= 11 is 11.9. The molecule has 0 spiro atoms. The molecule has 0 unspecified atom stereocenters. The molecule has 0 aliphatic heterocycles. The summed E-state index contributed by atoms with van der Waals surface area (Å²) < 4.78 is 0. The lowest BCUT2D eigenvalue weighted by atomic mass is 10.2. The Morgan fingerprint density at radius 3 is 2.41 bits per heavy atom. The van der Waals surface area contributed by atoms with Crippen LogP contribution in [0.2, 0.25) is 10.0 Å². The average molecular weight is 264 g/mol. The minimum atomic E-state index is 0.484. The van der Waals surface area contributed by atoms with Gasteiger partial charge in [0.05, 0.1) is 15.7 Å². The van der Waals surface area contributed by atoms with Crippen LogP contribution in [0.1, 0.15) is 11.1 Å². The number of hydrogen-bond acceptors (Lipinski definition) is 1. The maximum atomic E-state index is 6.04. The van der Waals surface area contributed by atoms with Gasteiger partial charge < -0.3 is 0 Å². The van der Waals surface area contributed by atoms with E-state index in [2.05, 4.69) is 11.9 Å². The van der Waals surface area contributed by atoms with E-state index < -0.39 is 0 Å². The summed E-state index contributed by atoms with van der Waals surface area (Å²) in [5.74, 6) is 0. The fourth-order valence-corrected chi connectivity index (χ4v) is 1.73. The van der Waals surface area contributed by atoms with Crippen molar-refractivity contribution in [2.75, 3.05) is 0 Å². The Morgan fingerprint density at radius 2 is 1.71 bits per heavy atom. The van der Waals surface area contributed by atoms with Gasteiger partial charge in [-0.15, -0.1) is 0 Å². The van der Waals surface area contributed by atoms with Gasteiger partial charge in [0.15, 0.2) is 0 Å². The molecular weight excluding hydrogens is 253 g/mol. The fourth-order valence-electron chi connectivity index (χ4n) is 1.39. The van der Waals surface area contributed by atoms with Crippen LogP contribution in [0.5, 0.6) is 0 Å². The molecule has 0 heterocycles. The maximum absolute atomic E-state index is 6.04. The topological polar surface area (TPSA) is 12.4 Å². The Labute approximate surface area is 111 Å². The fraction of sp³-hybridized carbons (Fsp3) is 0.0714. The molecule has 0 aliphatic rings. The smallest absolute Gasteiger partial charge is 0.0848 e. The predicted octanol–water partition coefficient (Wildman–Crippen LogP) is 5.05. The highest BCUT2D eigenvalue weighted by Gasteiger charge is 2.01. The first-order valence-corrected chi connectivity index (χ1v) is 5.97. The Kier molecular flexibility index (Phi) is 3.82. The Bertz CT molecular complexity index is 545. The van der Waals surface area contributed by atoms with Crippen molar-refractivity contribution in [3.63, 3.8) is 0 Å². The van der Waals surface area contributed by atoms with Crippen LogP contribution in [0, 0.1) is 6.92 Å². The van der Waals surface area contributed by atoms with E-state index in [1.54, 1.807) is 12.3 Å². The lowest BCUT2D eigenvalue weighted by Gasteiger charge is -1.99. The molecule has 86 valence electrons. The average Bonchev–Trinajstić information content (AvgIpc) is 2.33. The quantitative estimate of drug-likeness (QED) is 0.673. The van der Waals surface area contributed by atoms with Crippen molar-refractivity contribution in [1.82, 2.24) is 0 Å². The molecule has 0 bridgehead atoms. The highest BCUT2D eigenvalue weighted by atomic mass is 35.5. The molecule has 0 fully saturated rings. The van der Waals surface area contributed by atoms with Gasteiger partial charge in [0.25, 0.3) is 0 Å². The zero-order valence-electron chi connectivity index (χ0n) is 9.32. The molecule has 0 radical (unpaired) electrons. The first-order valence-electron chi connectivity index (χ1n) is 5.21. The van der Waals surface area contributed by atoms with E-state index in [1.165, 1.54) is 5.56 Å². The number of benzene rings is 2. The summed E-state index contributed by atoms with van der Waals surface area (Å²) in [5.41, 5.74) is 2.94. The van der Waals surface area contributed by atoms with E-state index in [9.17, 15) is 0 Å². The van der Waals surface area contributed by atoms with Crippen LogP contribution in [-0.2, 0) is 0 Å². The molecule has 0 saturated carbocycles. The zero-order chi connectivity index (χ0) is 12.3. The Balaban J connectivity index is 2.26. The lowest BCUT2D eigenvalue weighted by molar-refractivity contribution is 1.46. The first-order chi connectivity index (χ1) is 8.16. The Hall–Kier alpha value is -1.31. The second-order valence-corrected chi connectivity index (χ2v) is 4.53. The highest BCUT2D eigenvalue weighted by Crippen LogP contribution is 2.31. The third-order valence-electron chi connectivity index (χ3n) is 2.36. The minimum Gasteiger partial charge on any atom is -0.255 e. The van der Waals surface area contributed by atoms with Gasteiger partial charge in [-0.05, 0) is 24.6 Å². The van der Waals surface area contributed by atoms with E-state index in [4.69, 9.17) is 23.2 Å². The predicted molar refractivity (Wildman–Crippen MR) is 74.9 cm³/mol. The zero-order valence-corrected chi connectivity index (χ0v) is 10.8. The number of hydrogen-bond donors (Lipinski definition) is 0. The third kappa shape index (κ3) is 3.09. The summed E-state index contributed by atoms with van der Waals surface area (Å²) in [6.07, 6.45) is 1.77. The largest absolute Gasteiger partial charge is 0.255 e. The molecule has 0 aromatic heterocycles. The van der Waals surface area contributed by atoms with Gasteiger partial charge in [-0.25, -0.2) is 0 Å². The van der Waals surface area contributed by atoms with Crippen molar-refractivity contribution in [2.24, 2.45) is 4.99 Å². The molecule has 2 rings (SSSR count). The second-order valence-electron chi connectivity index (χ2n) is 3.74. The van der Waals surface area contributed by atoms with Crippen LogP contribution in [0.3, 0.4) is 0 Å². The molecule has 1 nitrogen and oxygen atoms in total. The molecular formula is C14H11Cl2N. The van der Waals surface area contributed by atoms with E-state index in [-0.39, 0.29) is 0 Å². The van der Waals surface area contributed by atoms with Crippen LogP contribution < -0.4 is 0 Å². The van der Waals surface area contributed by atoms with Gasteiger partial charge in [-0.3, -0.25) is 4.99 Å². The van der Waals surface area contributed by atoms with Crippen molar-refractivity contribution in [2.45, 2.75) is 6.92 Å². The van der Waals surface area contributed by atoms with Crippen molar-refractivity contribution in [3.05, 3.63) is 63.6 Å². The summed E-state index contributed by atoms with van der Waals surface area (Å²) in [5, 5.41) is 1.00. The lowest BCUT2D eigenvalue weighted by Crippen LogP contribution is -1.81. The van der Waals surface area contributed by atoms with Gasteiger partial charge in [0.1, 0.15) is 0 Å². The van der Waals surface area contributed by atoms with Gasteiger partial charge in [0.2, 0.25) is 0 Å². The normalized spacial score (nSPS) is 11.0. The van der Waals surface area contributed by atoms with Crippen LogP contribution in [0.25, 0.3) is 0 Å². The van der Waals surface area contributed by atoms with E-state index >= 15 is 0 Å². The standard InChI is InChI=1S/C14H11Cl2N/c1-10-5-7-11(8-6-10)9-17-13-4-2-3-12(15)14(13)16/h2-9H,1H3. The number of aliphatic imine (C=N–C) groups is 1. The molecule has 2 aromatic rings. The molecule has 0 atom stereocenters. The molecule has 3 heteroatoms. The first kappa shape index (κ1) is 12.2. The third-order valence-corrected chi connectivity index (χ3v) is 3.17. The summed E-state index contributed by atoms with van der Waals surface area (Å²) in [6.45, 7) is 2.05. The van der Waals surface area contributed by atoms with Gasteiger partial charge in [-0.1, -0.05) is 59.1 Å². The van der Waals surface area contributed by atoms with Crippen molar-refractivity contribution in [3.8, 4) is 0 Å². The molecule has 0 amide bonds. The summed E-state index contributed by atoms with van der Waals surface area (Å²) in [6, 6.07) is 13.5. The number of rotatable bonds is 2. The van der Waals surface area contributed by atoms with E-state index in [1.807, 2.05) is 36.4 Å². The minimum absolute atomic E-state index is 0.484. The van der Waals surface area contributed by atoms with E-state index in [0.29, 0.717) is 15.7 Å². The highest BCUT2D eigenvalue weighted by molar-refractivity contribution is 6.43. The van der Waals surface area contributed by atoms with Crippen LogP contribution in [-0.4, -0.2) is 6.21 Å². The number of aryl methyl sites for hydroxylation is 1. The van der Waals surface area contributed by atoms with Crippen LogP contribution >= 0.6 is 23.2 Å². The summed E-state index contributed by atoms with van der Waals surface area (Å²) in [7, 11) is 0. The van der Waals surface area contributed by atoms with Gasteiger partial charge in [0, 0.05) is 6.21 Å². The second kappa shape index (κ2) is 5.35. The Morgan fingerprint density at radius 1 is 1.00 bits per heavy atom. The molecule has 0 N–H and O–H groups in total. The molecule has 0 aliphatic carbocycles.